The molecule has 0 spiro atoms. The van der Waals surface area contributed by atoms with E-state index in [1.165, 1.54) is 7.11 Å². The van der Waals surface area contributed by atoms with Crippen molar-refractivity contribution in [2.24, 2.45) is 0 Å². The zero-order valence-corrected chi connectivity index (χ0v) is 16.5. The molecule has 27 heavy (non-hydrogen) atoms. The van der Waals surface area contributed by atoms with Crippen LogP contribution in [0.1, 0.15) is 15.9 Å². The van der Waals surface area contributed by atoms with Crippen molar-refractivity contribution < 1.29 is 28.5 Å². The van der Waals surface area contributed by atoms with E-state index < -0.39 is 0 Å². The van der Waals surface area contributed by atoms with Crippen LogP contribution in [0.4, 0.5) is 0 Å². The Morgan fingerprint density at radius 2 is 1.33 bits per heavy atom. The van der Waals surface area contributed by atoms with Gasteiger partial charge in [0.15, 0.2) is 23.0 Å². The van der Waals surface area contributed by atoms with E-state index in [9.17, 15) is 4.79 Å². The SMILES string of the molecule is COc1ccc(C(=O)N(C)Cc2cc(OC)c(OC)c(OC)c2)cc1OC. The molecule has 7 nitrogen and oxygen atoms in total. The highest BCUT2D eigenvalue weighted by atomic mass is 16.5. The largest absolute Gasteiger partial charge is 0.493 e. The molecule has 0 aromatic heterocycles. The molecular formula is C20H25NO6. The highest BCUT2D eigenvalue weighted by Gasteiger charge is 2.18. The first-order valence-corrected chi connectivity index (χ1v) is 8.25. The summed E-state index contributed by atoms with van der Waals surface area (Å²) >= 11 is 0. The highest BCUT2D eigenvalue weighted by Crippen LogP contribution is 2.38. The Morgan fingerprint density at radius 1 is 0.778 bits per heavy atom. The zero-order chi connectivity index (χ0) is 20.0. The second-order valence-corrected chi connectivity index (χ2v) is 5.76. The molecule has 0 radical (unpaired) electrons. The smallest absolute Gasteiger partial charge is 0.254 e. The lowest BCUT2D eigenvalue weighted by atomic mass is 10.1. The van der Waals surface area contributed by atoms with Gasteiger partial charge < -0.3 is 28.6 Å². The third-order valence-corrected chi connectivity index (χ3v) is 4.12. The highest BCUT2D eigenvalue weighted by molar-refractivity contribution is 5.94. The third kappa shape index (κ3) is 4.36. The molecule has 0 heterocycles. The maximum Gasteiger partial charge on any atom is 0.254 e. The van der Waals surface area contributed by atoms with Gasteiger partial charge in [-0.1, -0.05) is 0 Å². The number of carbonyl (C=O) groups excluding carboxylic acids is 1. The summed E-state index contributed by atoms with van der Waals surface area (Å²) in [5.74, 6) is 2.52. The van der Waals surface area contributed by atoms with Gasteiger partial charge in [0, 0.05) is 19.2 Å². The molecule has 0 saturated heterocycles. The van der Waals surface area contributed by atoms with Crippen LogP contribution in [0, 0.1) is 0 Å². The van der Waals surface area contributed by atoms with Crippen LogP contribution in [0.2, 0.25) is 0 Å². The van der Waals surface area contributed by atoms with Crippen molar-refractivity contribution in [3.8, 4) is 28.7 Å². The Kier molecular flexibility index (Phi) is 6.76. The van der Waals surface area contributed by atoms with Crippen molar-refractivity contribution in [2.75, 3.05) is 42.6 Å². The summed E-state index contributed by atoms with van der Waals surface area (Å²) in [6.07, 6.45) is 0. The lowest BCUT2D eigenvalue weighted by molar-refractivity contribution is 0.0784. The molecule has 0 aliphatic rings. The Bertz CT molecular complexity index is 780. The number of methoxy groups -OCH3 is 5. The number of hydrogen-bond acceptors (Lipinski definition) is 6. The van der Waals surface area contributed by atoms with E-state index in [1.54, 1.807) is 58.6 Å². The molecule has 2 rings (SSSR count). The Balaban J connectivity index is 2.26. The van der Waals surface area contributed by atoms with Gasteiger partial charge in [0.2, 0.25) is 5.75 Å². The monoisotopic (exact) mass is 375 g/mol. The Labute approximate surface area is 159 Å². The summed E-state index contributed by atoms with van der Waals surface area (Å²) in [6, 6.07) is 8.71. The van der Waals surface area contributed by atoms with Crippen LogP contribution in [0.3, 0.4) is 0 Å². The Hall–Kier alpha value is -3.09. The van der Waals surface area contributed by atoms with E-state index in [0.29, 0.717) is 40.9 Å². The fourth-order valence-corrected chi connectivity index (χ4v) is 2.76. The minimum absolute atomic E-state index is 0.148. The van der Waals surface area contributed by atoms with Crippen molar-refractivity contribution in [1.82, 2.24) is 4.90 Å². The molecule has 0 aliphatic carbocycles. The van der Waals surface area contributed by atoms with Gasteiger partial charge in [-0.2, -0.15) is 0 Å². The van der Waals surface area contributed by atoms with Crippen LogP contribution in [-0.4, -0.2) is 53.4 Å². The minimum atomic E-state index is -0.148. The molecule has 0 unspecified atom stereocenters. The average Bonchev–Trinajstić information content (AvgIpc) is 2.71. The number of ether oxygens (including phenoxy) is 5. The van der Waals surface area contributed by atoms with Gasteiger partial charge in [0.05, 0.1) is 35.5 Å². The number of carbonyl (C=O) groups is 1. The molecule has 0 N–H and O–H groups in total. The number of amides is 1. The van der Waals surface area contributed by atoms with E-state index in [4.69, 9.17) is 23.7 Å². The molecule has 2 aromatic carbocycles. The number of hydrogen-bond donors (Lipinski definition) is 0. The molecular weight excluding hydrogens is 350 g/mol. The molecule has 0 atom stereocenters. The molecule has 2 aromatic rings. The lowest BCUT2D eigenvalue weighted by Crippen LogP contribution is -2.26. The van der Waals surface area contributed by atoms with Crippen molar-refractivity contribution in [2.45, 2.75) is 6.54 Å². The topological polar surface area (TPSA) is 66.5 Å². The standard InChI is InChI=1S/C20H25NO6/c1-21(20(22)14-7-8-15(23-2)16(11-14)24-3)12-13-9-17(25-4)19(27-6)18(10-13)26-5/h7-11H,12H2,1-6H3. The van der Waals surface area contributed by atoms with Crippen LogP contribution < -0.4 is 23.7 Å². The lowest BCUT2D eigenvalue weighted by Gasteiger charge is -2.20. The van der Waals surface area contributed by atoms with Crippen LogP contribution >= 0.6 is 0 Å². The maximum atomic E-state index is 12.8. The Morgan fingerprint density at radius 3 is 1.81 bits per heavy atom. The summed E-state index contributed by atoms with van der Waals surface area (Å²) < 4.78 is 26.5. The minimum Gasteiger partial charge on any atom is -0.493 e. The average molecular weight is 375 g/mol. The van der Waals surface area contributed by atoms with Crippen LogP contribution in [0.5, 0.6) is 28.7 Å². The van der Waals surface area contributed by atoms with Crippen LogP contribution in [0.25, 0.3) is 0 Å². The van der Waals surface area contributed by atoms with Gasteiger partial charge in [-0.3, -0.25) is 4.79 Å². The van der Waals surface area contributed by atoms with Crippen molar-refractivity contribution in [3.63, 3.8) is 0 Å². The van der Waals surface area contributed by atoms with E-state index >= 15 is 0 Å². The van der Waals surface area contributed by atoms with Gasteiger partial charge in [-0.05, 0) is 35.9 Å². The maximum absolute atomic E-state index is 12.8. The third-order valence-electron chi connectivity index (χ3n) is 4.12. The fraction of sp³-hybridized carbons (Fsp3) is 0.350. The molecule has 1 amide bonds. The normalized spacial score (nSPS) is 10.1. The molecule has 0 aliphatic heterocycles. The number of rotatable bonds is 8. The number of nitrogens with zero attached hydrogens (tertiary/aromatic N) is 1. The van der Waals surface area contributed by atoms with Crippen molar-refractivity contribution >= 4 is 5.91 Å². The second kappa shape index (κ2) is 9.02. The quantitative estimate of drug-likeness (QED) is 0.707. The zero-order valence-electron chi connectivity index (χ0n) is 16.5. The predicted octanol–water partition coefficient (Wildman–Crippen LogP) is 3.00. The summed E-state index contributed by atoms with van der Waals surface area (Å²) in [4.78, 5) is 14.4. The van der Waals surface area contributed by atoms with Crippen LogP contribution in [-0.2, 0) is 6.54 Å². The predicted molar refractivity (Wildman–Crippen MR) is 101 cm³/mol. The first-order chi connectivity index (χ1) is 13.0. The van der Waals surface area contributed by atoms with E-state index in [1.807, 2.05) is 12.1 Å². The van der Waals surface area contributed by atoms with Gasteiger partial charge in [-0.25, -0.2) is 0 Å². The van der Waals surface area contributed by atoms with Crippen LogP contribution in [0.15, 0.2) is 30.3 Å². The summed E-state index contributed by atoms with van der Waals surface area (Å²) in [6.45, 7) is 0.365. The van der Waals surface area contributed by atoms with E-state index in [-0.39, 0.29) is 5.91 Å². The van der Waals surface area contributed by atoms with Gasteiger partial charge in [-0.15, -0.1) is 0 Å². The summed E-state index contributed by atoms with van der Waals surface area (Å²) in [5, 5.41) is 0. The van der Waals surface area contributed by atoms with Gasteiger partial charge in [0.25, 0.3) is 5.91 Å². The first-order valence-electron chi connectivity index (χ1n) is 8.25. The first kappa shape index (κ1) is 20.2. The number of benzene rings is 2. The van der Waals surface area contributed by atoms with E-state index in [0.717, 1.165) is 5.56 Å². The second-order valence-electron chi connectivity index (χ2n) is 5.76. The van der Waals surface area contributed by atoms with Crippen molar-refractivity contribution in [3.05, 3.63) is 41.5 Å². The van der Waals surface area contributed by atoms with Gasteiger partial charge in [0.1, 0.15) is 0 Å². The molecule has 0 bridgehead atoms. The molecule has 0 fully saturated rings. The summed E-state index contributed by atoms with van der Waals surface area (Å²) in [7, 11) is 9.47. The molecule has 7 heteroatoms. The van der Waals surface area contributed by atoms with Gasteiger partial charge >= 0.3 is 0 Å². The fourth-order valence-electron chi connectivity index (χ4n) is 2.76. The van der Waals surface area contributed by atoms with Crippen molar-refractivity contribution in [1.29, 1.82) is 0 Å². The molecule has 146 valence electrons. The summed E-state index contributed by atoms with van der Waals surface area (Å²) in [5.41, 5.74) is 1.35. The van der Waals surface area contributed by atoms with E-state index in [2.05, 4.69) is 0 Å². The molecule has 0 saturated carbocycles.